The summed E-state index contributed by atoms with van der Waals surface area (Å²) >= 11 is 0. The van der Waals surface area contributed by atoms with Crippen LogP contribution in [0.25, 0.3) is 0 Å². The molecule has 0 aromatic rings. The van der Waals surface area contributed by atoms with Crippen LogP contribution in [0.15, 0.2) is 0 Å². The van der Waals surface area contributed by atoms with Gasteiger partial charge in [0.05, 0.1) is 12.5 Å². The Balaban J connectivity index is 2.31. The number of hydrogen-bond donors (Lipinski definition) is 2. The maximum atomic E-state index is 12.0. The number of hydrogen-bond acceptors (Lipinski definition) is 4. The largest absolute Gasteiger partial charge is 0.481 e. The highest BCUT2D eigenvalue weighted by molar-refractivity contribution is 5.86. The van der Waals surface area contributed by atoms with Gasteiger partial charge in [0.25, 0.3) is 0 Å². The van der Waals surface area contributed by atoms with Crippen LogP contribution in [-0.2, 0) is 9.59 Å². The number of carbonyl (C=O) groups excluding carboxylic acids is 1. The summed E-state index contributed by atoms with van der Waals surface area (Å²) in [5.74, 6) is -0.634. The minimum Gasteiger partial charge on any atom is -0.481 e. The first-order chi connectivity index (χ1) is 9.93. The lowest BCUT2D eigenvalue weighted by Crippen LogP contribution is -2.48. The van der Waals surface area contributed by atoms with Crippen molar-refractivity contribution in [2.45, 2.75) is 45.1 Å². The number of aliphatic carboxylic acids is 1. The fourth-order valence-corrected chi connectivity index (χ4v) is 2.81. The van der Waals surface area contributed by atoms with Crippen LogP contribution in [0.2, 0.25) is 0 Å². The molecule has 0 spiro atoms. The molecule has 1 amide bonds. The highest BCUT2D eigenvalue weighted by Crippen LogP contribution is 2.19. The van der Waals surface area contributed by atoms with E-state index in [9.17, 15) is 9.59 Å². The average molecular weight is 299 g/mol. The van der Waals surface area contributed by atoms with Gasteiger partial charge in [-0.3, -0.25) is 9.59 Å². The summed E-state index contributed by atoms with van der Waals surface area (Å²) in [7, 11) is 2.15. The number of unbranched alkanes of at least 4 members (excludes halogenated alkanes) is 1. The molecule has 0 radical (unpaired) electrons. The highest BCUT2D eigenvalue weighted by atomic mass is 16.4. The number of amides is 1. The van der Waals surface area contributed by atoms with Crippen molar-refractivity contribution in [2.75, 3.05) is 33.2 Å². The Morgan fingerprint density at radius 1 is 1.38 bits per heavy atom. The summed E-state index contributed by atoms with van der Waals surface area (Å²) in [6, 6.07) is -0.911. The Morgan fingerprint density at radius 2 is 2.00 bits per heavy atom. The van der Waals surface area contributed by atoms with Gasteiger partial charge in [0.15, 0.2) is 0 Å². The molecule has 1 saturated heterocycles. The smallest absolute Gasteiger partial charge is 0.305 e. The van der Waals surface area contributed by atoms with Crippen molar-refractivity contribution in [1.29, 1.82) is 0 Å². The molecular weight excluding hydrogens is 270 g/mol. The van der Waals surface area contributed by atoms with Crippen molar-refractivity contribution >= 4 is 11.9 Å². The van der Waals surface area contributed by atoms with Crippen LogP contribution in [0, 0.1) is 5.92 Å². The van der Waals surface area contributed by atoms with Crippen LogP contribution in [0.1, 0.15) is 39.0 Å². The van der Waals surface area contributed by atoms with Crippen LogP contribution in [0.3, 0.4) is 0 Å². The number of carbonyl (C=O) groups is 2. The third-order valence-electron chi connectivity index (χ3n) is 4.10. The van der Waals surface area contributed by atoms with Gasteiger partial charge in [0, 0.05) is 19.6 Å². The van der Waals surface area contributed by atoms with E-state index in [1.807, 2.05) is 0 Å². The molecule has 3 N–H and O–H groups in total. The zero-order valence-corrected chi connectivity index (χ0v) is 13.3. The first-order valence-electron chi connectivity index (χ1n) is 7.88. The Bertz CT molecular complexity index is 341. The zero-order valence-electron chi connectivity index (χ0n) is 13.3. The lowest BCUT2D eigenvalue weighted by Gasteiger charge is -2.35. The molecule has 122 valence electrons. The lowest BCUT2D eigenvalue weighted by molar-refractivity contribution is -0.142. The lowest BCUT2D eigenvalue weighted by atomic mass is 9.95. The van der Waals surface area contributed by atoms with Crippen LogP contribution in [0.5, 0.6) is 0 Å². The van der Waals surface area contributed by atoms with Crippen molar-refractivity contribution in [2.24, 2.45) is 11.7 Å². The second kappa shape index (κ2) is 9.00. The van der Waals surface area contributed by atoms with Gasteiger partial charge < -0.3 is 20.6 Å². The molecule has 6 heteroatoms. The molecule has 6 nitrogen and oxygen atoms in total. The molecule has 0 bridgehead atoms. The van der Waals surface area contributed by atoms with E-state index in [0.29, 0.717) is 19.0 Å². The Hall–Kier alpha value is -1.14. The predicted octanol–water partition coefficient (Wildman–Crippen LogP) is 0.759. The third-order valence-corrected chi connectivity index (χ3v) is 4.10. The van der Waals surface area contributed by atoms with Gasteiger partial charge in [0.2, 0.25) is 5.91 Å². The van der Waals surface area contributed by atoms with Crippen molar-refractivity contribution in [1.82, 2.24) is 9.80 Å². The molecule has 1 aliphatic rings. The van der Waals surface area contributed by atoms with Crippen LogP contribution >= 0.6 is 0 Å². The summed E-state index contributed by atoms with van der Waals surface area (Å²) < 4.78 is 0. The summed E-state index contributed by atoms with van der Waals surface area (Å²) in [5.41, 5.74) is 5.64. The van der Waals surface area contributed by atoms with Crippen molar-refractivity contribution in [3.63, 3.8) is 0 Å². The third kappa shape index (κ3) is 6.44. The van der Waals surface area contributed by atoms with E-state index in [2.05, 4.69) is 18.9 Å². The summed E-state index contributed by atoms with van der Waals surface area (Å²) in [6.07, 6.45) is 4.08. The fraction of sp³-hybridized carbons (Fsp3) is 0.867. The zero-order chi connectivity index (χ0) is 15.8. The number of carboxylic acids is 1. The fourth-order valence-electron chi connectivity index (χ4n) is 2.81. The van der Waals surface area contributed by atoms with Crippen LogP contribution in [-0.4, -0.2) is 66.1 Å². The molecular formula is C15H29N3O3. The van der Waals surface area contributed by atoms with Crippen LogP contribution < -0.4 is 5.73 Å². The quantitative estimate of drug-likeness (QED) is 0.691. The normalized spacial score (nSPS) is 18.0. The minimum absolute atomic E-state index is 0.227. The van der Waals surface area contributed by atoms with E-state index in [1.165, 1.54) is 12.8 Å². The number of likely N-dealkylation sites (tertiary alicyclic amines) is 1. The van der Waals surface area contributed by atoms with Gasteiger partial charge >= 0.3 is 5.97 Å². The highest BCUT2D eigenvalue weighted by Gasteiger charge is 2.27. The summed E-state index contributed by atoms with van der Waals surface area (Å²) in [4.78, 5) is 26.7. The van der Waals surface area contributed by atoms with Gasteiger partial charge in [-0.2, -0.15) is 0 Å². The van der Waals surface area contributed by atoms with E-state index in [1.54, 1.807) is 4.90 Å². The number of nitrogens with zero attached hydrogens (tertiary/aromatic N) is 2. The van der Waals surface area contributed by atoms with Gasteiger partial charge in [0.1, 0.15) is 0 Å². The molecule has 0 aromatic heterocycles. The van der Waals surface area contributed by atoms with Gasteiger partial charge in [-0.05, 0) is 38.8 Å². The van der Waals surface area contributed by atoms with Gasteiger partial charge in [-0.25, -0.2) is 0 Å². The van der Waals surface area contributed by atoms with E-state index in [0.717, 1.165) is 25.9 Å². The summed E-state index contributed by atoms with van der Waals surface area (Å²) in [5, 5.41) is 8.69. The Kier molecular flexibility index (Phi) is 7.67. The van der Waals surface area contributed by atoms with E-state index < -0.39 is 12.0 Å². The molecule has 0 saturated carbocycles. The van der Waals surface area contributed by atoms with E-state index in [4.69, 9.17) is 10.8 Å². The predicted molar refractivity (Wildman–Crippen MR) is 81.9 cm³/mol. The molecule has 0 aliphatic carbocycles. The van der Waals surface area contributed by atoms with Crippen molar-refractivity contribution in [3.8, 4) is 0 Å². The van der Waals surface area contributed by atoms with Crippen LogP contribution in [0.4, 0.5) is 0 Å². The second-order valence-corrected chi connectivity index (χ2v) is 6.09. The SMILES string of the molecule is CCCCN(C)CC1CCN(C(=O)C(N)CC(=O)O)CC1. The van der Waals surface area contributed by atoms with E-state index >= 15 is 0 Å². The Morgan fingerprint density at radius 3 is 2.52 bits per heavy atom. The molecule has 0 aromatic carbocycles. The first kappa shape index (κ1) is 17.9. The van der Waals surface area contributed by atoms with Gasteiger partial charge in [-0.15, -0.1) is 0 Å². The molecule has 1 fully saturated rings. The van der Waals surface area contributed by atoms with Crippen molar-refractivity contribution in [3.05, 3.63) is 0 Å². The standard InChI is InChI=1S/C15H29N3O3/c1-3-4-7-17(2)11-12-5-8-18(9-6-12)15(21)13(16)10-14(19)20/h12-13H,3-11,16H2,1-2H3,(H,19,20). The van der Waals surface area contributed by atoms with Gasteiger partial charge in [-0.1, -0.05) is 13.3 Å². The maximum Gasteiger partial charge on any atom is 0.305 e. The summed E-state index contributed by atoms with van der Waals surface area (Å²) in [6.45, 7) is 5.78. The molecule has 1 unspecified atom stereocenters. The number of carboxylic acid groups (broad SMARTS) is 1. The molecule has 1 aliphatic heterocycles. The topological polar surface area (TPSA) is 86.9 Å². The second-order valence-electron chi connectivity index (χ2n) is 6.09. The molecule has 1 rings (SSSR count). The Labute approximate surface area is 127 Å². The first-order valence-corrected chi connectivity index (χ1v) is 7.88. The molecule has 1 atom stereocenters. The maximum absolute atomic E-state index is 12.0. The number of rotatable bonds is 8. The monoisotopic (exact) mass is 299 g/mol. The van der Waals surface area contributed by atoms with Crippen molar-refractivity contribution < 1.29 is 14.7 Å². The average Bonchev–Trinajstić information content (AvgIpc) is 2.44. The molecule has 21 heavy (non-hydrogen) atoms. The number of piperidine rings is 1. The minimum atomic E-state index is -1.02. The number of nitrogens with two attached hydrogens (primary N) is 1. The van der Waals surface area contributed by atoms with E-state index in [-0.39, 0.29) is 12.3 Å². The molecule has 1 heterocycles.